The van der Waals surface area contributed by atoms with Crippen LogP contribution in [0.25, 0.3) is 0 Å². The molecule has 0 saturated heterocycles. The van der Waals surface area contributed by atoms with Crippen molar-refractivity contribution >= 4 is 5.91 Å². The minimum atomic E-state index is -0.136. The molecule has 0 N–H and O–H groups in total. The SMILES string of the molecule is CC(C)Cc1cc(C(=O)N(C)C[C@H]2Cc3ccccc3O2)no1. The molecule has 3 rings (SSSR count). The van der Waals surface area contributed by atoms with Gasteiger partial charge in [0.25, 0.3) is 5.91 Å². The zero-order valence-corrected chi connectivity index (χ0v) is 13.8. The number of para-hydroxylation sites is 1. The second kappa shape index (κ2) is 6.44. The number of carbonyl (C=O) groups excluding carboxylic acids is 1. The van der Waals surface area contributed by atoms with Gasteiger partial charge in [0.15, 0.2) is 5.69 Å². The lowest BCUT2D eigenvalue weighted by atomic mass is 10.1. The van der Waals surface area contributed by atoms with Crippen molar-refractivity contribution in [3.05, 3.63) is 47.3 Å². The van der Waals surface area contributed by atoms with E-state index in [2.05, 4.69) is 25.1 Å². The number of hydrogen-bond acceptors (Lipinski definition) is 4. The number of ether oxygens (including phenoxy) is 1. The molecule has 1 amide bonds. The summed E-state index contributed by atoms with van der Waals surface area (Å²) in [6.45, 7) is 4.73. The molecular weight excluding hydrogens is 292 g/mol. The second-order valence-electron chi connectivity index (χ2n) is 6.51. The first-order chi connectivity index (χ1) is 11.0. The second-order valence-corrected chi connectivity index (χ2v) is 6.51. The van der Waals surface area contributed by atoms with Gasteiger partial charge in [-0.15, -0.1) is 0 Å². The number of likely N-dealkylation sites (N-methyl/N-ethyl adjacent to an activating group) is 1. The Labute approximate surface area is 136 Å². The van der Waals surface area contributed by atoms with Crippen LogP contribution in [0, 0.1) is 5.92 Å². The highest BCUT2D eigenvalue weighted by molar-refractivity contribution is 5.92. The Morgan fingerprint density at radius 3 is 2.91 bits per heavy atom. The zero-order valence-electron chi connectivity index (χ0n) is 13.8. The fourth-order valence-corrected chi connectivity index (χ4v) is 2.85. The first kappa shape index (κ1) is 15.6. The molecule has 1 aromatic carbocycles. The van der Waals surface area contributed by atoms with Crippen LogP contribution in [0.1, 0.15) is 35.7 Å². The molecule has 2 aromatic rings. The highest BCUT2D eigenvalue weighted by Gasteiger charge is 2.26. The van der Waals surface area contributed by atoms with Crippen LogP contribution in [0.4, 0.5) is 0 Å². The number of fused-ring (bicyclic) bond motifs is 1. The Morgan fingerprint density at radius 2 is 2.17 bits per heavy atom. The molecule has 1 aliphatic heterocycles. The summed E-state index contributed by atoms with van der Waals surface area (Å²) in [5.41, 5.74) is 1.55. The maximum absolute atomic E-state index is 12.5. The summed E-state index contributed by atoms with van der Waals surface area (Å²) in [7, 11) is 1.77. The Hall–Kier alpha value is -2.30. The third-order valence-electron chi connectivity index (χ3n) is 3.93. The van der Waals surface area contributed by atoms with Gasteiger partial charge < -0.3 is 14.2 Å². The van der Waals surface area contributed by atoms with E-state index >= 15 is 0 Å². The Morgan fingerprint density at radius 1 is 1.39 bits per heavy atom. The lowest BCUT2D eigenvalue weighted by Crippen LogP contribution is -2.36. The number of nitrogens with zero attached hydrogens (tertiary/aromatic N) is 2. The van der Waals surface area contributed by atoms with Gasteiger partial charge in [-0.25, -0.2) is 0 Å². The summed E-state index contributed by atoms with van der Waals surface area (Å²) in [4.78, 5) is 14.1. The third kappa shape index (κ3) is 3.55. The summed E-state index contributed by atoms with van der Waals surface area (Å²) < 4.78 is 11.1. The van der Waals surface area contributed by atoms with E-state index in [1.807, 2.05) is 18.2 Å². The molecule has 0 unspecified atom stereocenters. The third-order valence-corrected chi connectivity index (χ3v) is 3.93. The molecule has 23 heavy (non-hydrogen) atoms. The van der Waals surface area contributed by atoms with Gasteiger partial charge in [-0.05, 0) is 17.5 Å². The molecule has 1 atom stereocenters. The van der Waals surface area contributed by atoms with Crippen molar-refractivity contribution in [3.8, 4) is 5.75 Å². The summed E-state index contributed by atoms with van der Waals surface area (Å²) in [5, 5.41) is 3.90. The van der Waals surface area contributed by atoms with Crippen molar-refractivity contribution < 1.29 is 14.1 Å². The van der Waals surface area contributed by atoms with E-state index < -0.39 is 0 Å². The molecule has 0 saturated carbocycles. The highest BCUT2D eigenvalue weighted by Crippen LogP contribution is 2.28. The summed E-state index contributed by atoms with van der Waals surface area (Å²) in [6.07, 6.45) is 1.60. The molecule has 0 radical (unpaired) electrons. The Kier molecular flexibility index (Phi) is 4.37. The molecule has 5 nitrogen and oxygen atoms in total. The average Bonchev–Trinajstić information content (AvgIpc) is 3.11. The number of aromatic nitrogens is 1. The highest BCUT2D eigenvalue weighted by atomic mass is 16.5. The lowest BCUT2D eigenvalue weighted by Gasteiger charge is -2.20. The van der Waals surface area contributed by atoms with E-state index in [0.717, 1.165) is 24.4 Å². The van der Waals surface area contributed by atoms with Crippen molar-refractivity contribution in [2.45, 2.75) is 32.8 Å². The molecule has 1 aliphatic rings. The Balaban J connectivity index is 1.59. The van der Waals surface area contributed by atoms with E-state index in [1.54, 1.807) is 18.0 Å². The number of hydrogen-bond donors (Lipinski definition) is 0. The van der Waals surface area contributed by atoms with Crippen molar-refractivity contribution in [2.24, 2.45) is 5.92 Å². The van der Waals surface area contributed by atoms with E-state index in [4.69, 9.17) is 9.26 Å². The molecule has 2 heterocycles. The van der Waals surface area contributed by atoms with Crippen molar-refractivity contribution in [3.63, 3.8) is 0 Å². The maximum Gasteiger partial charge on any atom is 0.275 e. The van der Waals surface area contributed by atoms with Gasteiger partial charge in [0.05, 0.1) is 6.54 Å². The Bertz CT molecular complexity index is 668. The van der Waals surface area contributed by atoms with Crippen LogP contribution >= 0.6 is 0 Å². The molecule has 0 spiro atoms. The van der Waals surface area contributed by atoms with Crippen LogP contribution in [0.5, 0.6) is 5.75 Å². The van der Waals surface area contributed by atoms with Crippen molar-refractivity contribution in [1.82, 2.24) is 10.1 Å². The normalized spacial score (nSPS) is 16.3. The molecular formula is C18H22N2O3. The van der Waals surface area contributed by atoms with Gasteiger partial charge in [0.2, 0.25) is 0 Å². The van der Waals surface area contributed by atoms with Crippen molar-refractivity contribution in [2.75, 3.05) is 13.6 Å². The standard InChI is InChI=1S/C18H22N2O3/c1-12(2)8-14-10-16(19-23-14)18(21)20(3)11-15-9-13-6-4-5-7-17(13)22-15/h4-7,10,12,15H,8-9,11H2,1-3H3/t15-/m1/s1. The quantitative estimate of drug-likeness (QED) is 0.851. The lowest BCUT2D eigenvalue weighted by molar-refractivity contribution is 0.0720. The summed E-state index contributed by atoms with van der Waals surface area (Å²) in [6, 6.07) is 9.73. The minimum absolute atomic E-state index is 0.0108. The molecule has 0 aliphatic carbocycles. The average molecular weight is 314 g/mol. The van der Waals surface area contributed by atoms with E-state index in [9.17, 15) is 4.79 Å². The zero-order chi connectivity index (χ0) is 16.4. The molecule has 122 valence electrons. The van der Waals surface area contributed by atoms with Crippen LogP contribution in [-0.2, 0) is 12.8 Å². The van der Waals surface area contributed by atoms with Gasteiger partial charge in [-0.2, -0.15) is 0 Å². The molecule has 0 bridgehead atoms. The monoisotopic (exact) mass is 314 g/mol. The minimum Gasteiger partial charge on any atom is -0.488 e. The fourth-order valence-electron chi connectivity index (χ4n) is 2.85. The van der Waals surface area contributed by atoms with E-state index in [0.29, 0.717) is 18.2 Å². The summed E-state index contributed by atoms with van der Waals surface area (Å²) in [5.74, 6) is 2.00. The number of rotatable bonds is 5. The van der Waals surface area contributed by atoms with Crippen LogP contribution in [-0.4, -0.2) is 35.7 Å². The molecule has 1 aromatic heterocycles. The van der Waals surface area contributed by atoms with Crippen LogP contribution in [0.3, 0.4) is 0 Å². The number of carbonyl (C=O) groups is 1. The van der Waals surface area contributed by atoms with Gasteiger partial charge in [0, 0.05) is 26.0 Å². The molecule has 0 fully saturated rings. The number of benzene rings is 1. The van der Waals surface area contributed by atoms with Gasteiger partial charge >= 0.3 is 0 Å². The maximum atomic E-state index is 12.5. The summed E-state index contributed by atoms with van der Waals surface area (Å²) >= 11 is 0. The van der Waals surface area contributed by atoms with Crippen LogP contribution in [0.2, 0.25) is 0 Å². The predicted octanol–water partition coefficient (Wildman–Crippen LogP) is 2.95. The smallest absolute Gasteiger partial charge is 0.275 e. The van der Waals surface area contributed by atoms with Gasteiger partial charge in [0.1, 0.15) is 17.6 Å². The number of amides is 1. The van der Waals surface area contributed by atoms with Crippen LogP contribution in [0.15, 0.2) is 34.9 Å². The first-order valence-electron chi connectivity index (χ1n) is 7.98. The van der Waals surface area contributed by atoms with E-state index in [-0.39, 0.29) is 12.0 Å². The fraction of sp³-hybridized carbons (Fsp3) is 0.444. The molecule has 5 heteroatoms. The van der Waals surface area contributed by atoms with Gasteiger partial charge in [-0.3, -0.25) is 4.79 Å². The largest absolute Gasteiger partial charge is 0.488 e. The topological polar surface area (TPSA) is 55.6 Å². The first-order valence-corrected chi connectivity index (χ1v) is 7.98. The predicted molar refractivity (Wildman–Crippen MR) is 86.6 cm³/mol. The van der Waals surface area contributed by atoms with Crippen molar-refractivity contribution in [1.29, 1.82) is 0 Å². The van der Waals surface area contributed by atoms with Crippen LogP contribution < -0.4 is 4.74 Å². The van der Waals surface area contributed by atoms with E-state index in [1.165, 1.54) is 5.56 Å². The van der Waals surface area contributed by atoms with Gasteiger partial charge in [-0.1, -0.05) is 37.2 Å².